The van der Waals surface area contributed by atoms with Crippen LogP contribution in [0.2, 0.25) is 5.02 Å². The second kappa shape index (κ2) is 10.9. The number of benzene rings is 2. The SMILES string of the molecule is COc1ccc(CNC(=O)COc2ccc(S(=O)(=O)N3CCOCC3)cc2Cl)cc1OC. The highest BCUT2D eigenvalue weighted by Gasteiger charge is 2.27. The van der Waals surface area contributed by atoms with E-state index in [9.17, 15) is 13.2 Å². The van der Waals surface area contributed by atoms with Gasteiger partial charge in [-0.15, -0.1) is 0 Å². The summed E-state index contributed by atoms with van der Waals surface area (Å²) in [5, 5.41) is 2.84. The molecule has 0 aromatic heterocycles. The average molecular weight is 485 g/mol. The van der Waals surface area contributed by atoms with Gasteiger partial charge in [0, 0.05) is 19.6 Å². The Hall–Kier alpha value is -2.53. The molecule has 0 saturated carbocycles. The van der Waals surface area contributed by atoms with Crippen molar-refractivity contribution in [1.29, 1.82) is 0 Å². The zero-order valence-corrected chi connectivity index (χ0v) is 19.4. The van der Waals surface area contributed by atoms with Crippen LogP contribution in [-0.4, -0.2) is 65.8 Å². The minimum absolute atomic E-state index is 0.0645. The molecule has 32 heavy (non-hydrogen) atoms. The van der Waals surface area contributed by atoms with Crippen molar-refractivity contribution in [3.8, 4) is 17.2 Å². The van der Waals surface area contributed by atoms with Gasteiger partial charge in [-0.05, 0) is 35.9 Å². The second-order valence-corrected chi connectivity index (χ2v) is 9.21. The molecular formula is C21H25ClN2O7S. The number of carbonyl (C=O) groups excluding carboxylic acids is 1. The first-order valence-electron chi connectivity index (χ1n) is 9.83. The Morgan fingerprint density at radius 2 is 1.75 bits per heavy atom. The standard InChI is InChI=1S/C21H25ClN2O7S/c1-28-19-5-3-15(11-20(19)29-2)13-23-21(25)14-31-18-6-4-16(12-17(18)22)32(26,27)24-7-9-30-10-8-24/h3-6,11-12H,7-10,13-14H2,1-2H3,(H,23,25). The predicted molar refractivity (Wildman–Crippen MR) is 118 cm³/mol. The minimum Gasteiger partial charge on any atom is -0.493 e. The maximum atomic E-state index is 12.7. The molecule has 0 unspecified atom stereocenters. The number of hydrogen-bond acceptors (Lipinski definition) is 7. The summed E-state index contributed by atoms with van der Waals surface area (Å²) in [6, 6.07) is 9.51. The summed E-state index contributed by atoms with van der Waals surface area (Å²) in [6.45, 7) is 1.28. The Kier molecular flexibility index (Phi) is 8.19. The summed E-state index contributed by atoms with van der Waals surface area (Å²) in [5.41, 5.74) is 0.826. The molecule has 9 nitrogen and oxygen atoms in total. The number of morpholine rings is 1. The average Bonchev–Trinajstić information content (AvgIpc) is 2.82. The van der Waals surface area contributed by atoms with Crippen LogP contribution in [0.3, 0.4) is 0 Å². The van der Waals surface area contributed by atoms with Crippen LogP contribution in [0.5, 0.6) is 17.2 Å². The highest BCUT2D eigenvalue weighted by atomic mass is 35.5. The van der Waals surface area contributed by atoms with Gasteiger partial charge in [-0.2, -0.15) is 4.31 Å². The third-order valence-electron chi connectivity index (χ3n) is 4.81. The van der Waals surface area contributed by atoms with E-state index in [-0.39, 0.29) is 34.7 Å². The third kappa shape index (κ3) is 5.83. The summed E-state index contributed by atoms with van der Waals surface area (Å²) in [4.78, 5) is 12.2. The highest BCUT2D eigenvalue weighted by Crippen LogP contribution is 2.29. The van der Waals surface area contributed by atoms with Crippen molar-refractivity contribution in [3.05, 3.63) is 47.0 Å². The largest absolute Gasteiger partial charge is 0.493 e. The Morgan fingerprint density at radius 3 is 2.41 bits per heavy atom. The Labute approximate surface area is 192 Å². The maximum Gasteiger partial charge on any atom is 0.258 e. The second-order valence-electron chi connectivity index (χ2n) is 6.86. The van der Waals surface area contributed by atoms with E-state index < -0.39 is 10.0 Å². The predicted octanol–water partition coefficient (Wildman–Crippen LogP) is 2.07. The Morgan fingerprint density at radius 1 is 1.06 bits per heavy atom. The third-order valence-corrected chi connectivity index (χ3v) is 7.00. The van der Waals surface area contributed by atoms with Gasteiger partial charge in [0.05, 0.1) is 37.4 Å². The smallest absolute Gasteiger partial charge is 0.258 e. The van der Waals surface area contributed by atoms with E-state index in [2.05, 4.69) is 5.32 Å². The fourth-order valence-corrected chi connectivity index (χ4v) is 4.82. The molecule has 1 heterocycles. The van der Waals surface area contributed by atoms with Crippen molar-refractivity contribution >= 4 is 27.5 Å². The lowest BCUT2D eigenvalue weighted by Crippen LogP contribution is -2.40. The molecule has 0 spiro atoms. The van der Waals surface area contributed by atoms with Crippen LogP contribution in [0.4, 0.5) is 0 Å². The molecule has 3 rings (SSSR count). The Bertz CT molecular complexity index is 1060. The summed E-state index contributed by atoms with van der Waals surface area (Å²) in [7, 11) is -0.583. The van der Waals surface area contributed by atoms with Gasteiger partial charge in [0.1, 0.15) is 5.75 Å². The molecule has 2 aromatic rings. The number of ether oxygens (including phenoxy) is 4. The van der Waals surface area contributed by atoms with Gasteiger partial charge < -0.3 is 24.3 Å². The molecule has 1 saturated heterocycles. The molecule has 0 bridgehead atoms. The van der Waals surface area contributed by atoms with Crippen LogP contribution in [0.25, 0.3) is 0 Å². The molecular weight excluding hydrogens is 460 g/mol. The van der Waals surface area contributed by atoms with Gasteiger partial charge in [0.2, 0.25) is 10.0 Å². The molecule has 1 N–H and O–H groups in total. The summed E-state index contributed by atoms with van der Waals surface area (Å²) < 4.78 is 47.9. The number of nitrogens with zero attached hydrogens (tertiary/aromatic N) is 1. The molecule has 1 aliphatic heterocycles. The van der Waals surface area contributed by atoms with Crippen LogP contribution >= 0.6 is 11.6 Å². The number of amides is 1. The van der Waals surface area contributed by atoms with Crippen LogP contribution in [0.15, 0.2) is 41.3 Å². The van der Waals surface area contributed by atoms with Crippen LogP contribution in [0, 0.1) is 0 Å². The van der Waals surface area contributed by atoms with Crippen molar-refractivity contribution in [2.45, 2.75) is 11.4 Å². The monoisotopic (exact) mass is 484 g/mol. The first-order valence-corrected chi connectivity index (χ1v) is 11.6. The minimum atomic E-state index is -3.67. The lowest BCUT2D eigenvalue weighted by atomic mass is 10.2. The molecule has 0 atom stereocenters. The zero-order valence-electron chi connectivity index (χ0n) is 17.8. The number of rotatable bonds is 9. The maximum absolute atomic E-state index is 12.7. The molecule has 1 fully saturated rings. The van der Waals surface area contributed by atoms with E-state index in [4.69, 9.17) is 30.5 Å². The van der Waals surface area contributed by atoms with Crippen molar-refractivity contribution < 1.29 is 32.2 Å². The Balaban J connectivity index is 1.56. The quantitative estimate of drug-likeness (QED) is 0.581. The number of carbonyl (C=O) groups is 1. The topological polar surface area (TPSA) is 103 Å². The van der Waals surface area contributed by atoms with E-state index in [0.29, 0.717) is 37.8 Å². The summed E-state index contributed by atoms with van der Waals surface area (Å²) >= 11 is 6.20. The fourth-order valence-electron chi connectivity index (χ4n) is 3.08. The van der Waals surface area contributed by atoms with E-state index in [1.807, 2.05) is 6.07 Å². The van der Waals surface area contributed by atoms with Gasteiger partial charge >= 0.3 is 0 Å². The van der Waals surface area contributed by atoms with E-state index in [1.54, 1.807) is 19.2 Å². The van der Waals surface area contributed by atoms with Gasteiger partial charge in [0.25, 0.3) is 5.91 Å². The van der Waals surface area contributed by atoms with Gasteiger partial charge in [-0.3, -0.25) is 4.79 Å². The molecule has 0 radical (unpaired) electrons. The molecule has 0 aliphatic carbocycles. The molecule has 174 valence electrons. The van der Waals surface area contributed by atoms with E-state index in [0.717, 1.165) is 5.56 Å². The number of nitrogens with one attached hydrogen (secondary N) is 1. The molecule has 1 amide bonds. The van der Waals surface area contributed by atoms with Gasteiger partial charge in [-0.25, -0.2) is 8.42 Å². The first-order chi connectivity index (χ1) is 15.3. The summed E-state index contributed by atoms with van der Waals surface area (Å²) in [6.07, 6.45) is 0. The van der Waals surface area contributed by atoms with E-state index >= 15 is 0 Å². The van der Waals surface area contributed by atoms with E-state index in [1.165, 1.54) is 29.6 Å². The molecule has 1 aliphatic rings. The van der Waals surface area contributed by atoms with Crippen molar-refractivity contribution in [2.24, 2.45) is 0 Å². The van der Waals surface area contributed by atoms with Gasteiger partial charge in [0.15, 0.2) is 18.1 Å². The lowest BCUT2D eigenvalue weighted by Gasteiger charge is -2.26. The van der Waals surface area contributed by atoms with Crippen molar-refractivity contribution in [2.75, 3.05) is 47.1 Å². The first kappa shape index (κ1) is 24.1. The van der Waals surface area contributed by atoms with Crippen LogP contribution < -0.4 is 19.5 Å². The van der Waals surface area contributed by atoms with Crippen molar-refractivity contribution in [3.63, 3.8) is 0 Å². The molecule has 11 heteroatoms. The van der Waals surface area contributed by atoms with Crippen LogP contribution in [-0.2, 0) is 26.1 Å². The molecule has 2 aromatic carbocycles. The highest BCUT2D eigenvalue weighted by molar-refractivity contribution is 7.89. The summed E-state index contributed by atoms with van der Waals surface area (Å²) in [5.74, 6) is 1.02. The fraction of sp³-hybridized carbons (Fsp3) is 0.381. The normalized spacial score (nSPS) is 14.6. The van der Waals surface area contributed by atoms with Crippen molar-refractivity contribution in [1.82, 2.24) is 9.62 Å². The lowest BCUT2D eigenvalue weighted by molar-refractivity contribution is -0.123. The van der Waals surface area contributed by atoms with Gasteiger partial charge in [-0.1, -0.05) is 17.7 Å². The number of sulfonamides is 1. The number of halogens is 1. The van der Waals surface area contributed by atoms with Crippen LogP contribution in [0.1, 0.15) is 5.56 Å². The zero-order chi connectivity index (χ0) is 23.1. The number of hydrogen-bond donors (Lipinski definition) is 1. The number of methoxy groups -OCH3 is 2.